The number of aryl methyl sites for hydroxylation is 1. The summed E-state index contributed by atoms with van der Waals surface area (Å²) < 4.78 is 0. The van der Waals surface area contributed by atoms with E-state index in [4.69, 9.17) is 5.73 Å². The molecule has 2 rings (SSSR count). The van der Waals surface area contributed by atoms with E-state index in [-0.39, 0.29) is 22.6 Å². The van der Waals surface area contributed by atoms with Gasteiger partial charge in [0, 0.05) is 30.0 Å². The second kappa shape index (κ2) is 9.75. The number of benzene rings is 1. The molecule has 1 aromatic rings. The Morgan fingerprint density at radius 1 is 1.17 bits per heavy atom. The van der Waals surface area contributed by atoms with Gasteiger partial charge in [0.15, 0.2) is 0 Å². The largest absolute Gasteiger partial charge is 0.366 e. The van der Waals surface area contributed by atoms with Gasteiger partial charge >= 0.3 is 0 Å². The van der Waals surface area contributed by atoms with Crippen molar-refractivity contribution < 1.29 is 9.59 Å². The topological polar surface area (TPSA) is 84.2 Å². The minimum absolute atomic E-state index is 0.00846. The van der Waals surface area contributed by atoms with Gasteiger partial charge < -0.3 is 16.4 Å². The van der Waals surface area contributed by atoms with Gasteiger partial charge in [-0.15, -0.1) is 0 Å². The molecule has 0 fully saturated rings. The van der Waals surface area contributed by atoms with E-state index in [0.29, 0.717) is 24.6 Å². The first-order chi connectivity index (χ1) is 13.6. The number of hydrogen-bond acceptors (Lipinski definition) is 3. The van der Waals surface area contributed by atoms with Crippen LogP contribution in [0, 0.1) is 5.41 Å². The summed E-state index contributed by atoms with van der Waals surface area (Å²) in [6.07, 6.45) is 5.58. The number of fused-ring (bicyclic) bond motifs is 1. The maximum Gasteiger partial charge on any atom is 0.248 e. The summed E-state index contributed by atoms with van der Waals surface area (Å²) in [5, 5.41) is 6.79. The van der Waals surface area contributed by atoms with Gasteiger partial charge in [-0.1, -0.05) is 40.7 Å². The van der Waals surface area contributed by atoms with E-state index in [2.05, 4.69) is 51.3 Å². The minimum Gasteiger partial charge on any atom is -0.366 e. The van der Waals surface area contributed by atoms with E-state index in [9.17, 15) is 9.59 Å². The third kappa shape index (κ3) is 5.81. The molecule has 5 nitrogen and oxygen atoms in total. The molecule has 162 valence electrons. The van der Waals surface area contributed by atoms with E-state index in [1.54, 1.807) is 0 Å². The Hall–Kier alpha value is -1.88. The average Bonchev–Trinajstić information content (AvgIpc) is 2.65. The number of carbonyl (C=O) groups excluding carboxylic acids is 2. The van der Waals surface area contributed by atoms with Crippen LogP contribution in [0.1, 0.15) is 88.2 Å². The fourth-order valence-electron chi connectivity index (χ4n) is 4.73. The second-order valence-electron chi connectivity index (χ2n) is 9.59. The van der Waals surface area contributed by atoms with Crippen molar-refractivity contribution in [3.8, 4) is 0 Å². The van der Waals surface area contributed by atoms with Crippen LogP contribution in [0.25, 0.3) is 0 Å². The zero-order valence-corrected chi connectivity index (χ0v) is 18.9. The van der Waals surface area contributed by atoms with E-state index < -0.39 is 0 Å². The predicted octanol–water partition coefficient (Wildman–Crippen LogP) is 3.69. The molecule has 4 N–H and O–H groups in total. The quantitative estimate of drug-likeness (QED) is 0.552. The Morgan fingerprint density at radius 3 is 2.45 bits per heavy atom. The third-order valence-electron chi connectivity index (χ3n) is 6.32. The highest BCUT2D eigenvalue weighted by atomic mass is 16.1. The first-order valence-corrected chi connectivity index (χ1v) is 11.1. The van der Waals surface area contributed by atoms with Crippen LogP contribution in [0.5, 0.6) is 0 Å². The number of nitrogens with two attached hydrogens (primary N) is 1. The zero-order valence-electron chi connectivity index (χ0n) is 18.9. The molecular weight excluding hydrogens is 362 g/mol. The van der Waals surface area contributed by atoms with Crippen LogP contribution in [0.2, 0.25) is 0 Å². The molecule has 1 aliphatic carbocycles. The van der Waals surface area contributed by atoms with Crippen LogP contribution < -0.4 is 16.4 Å². The van der Waals surface area contributed by atoms with E-state index in [1.807, 2.05) is 12.1 Å². The van der Waals surface area contributed by atoms with Crippen molar-refractivity contribution in [1.29, 1.82) is 0 Å². The van der Waals surface area contributed by atoms with Crippen molar-refractivity contribution in [1.82, 2.24) is 10.6 Å². The molecule has 0 radical (unpaired) electrons. The molecule has 2 amide bonds. The maximum atomic E-state index is 12.0. The summed E-state index contributed by atoms with van der Waals surface area (Å²) in [5.41, 5.74) is 8.78. The van der Waals surface area contributed by atoms with E-state index in [1.165, 1.54) is 11.1 Å². The summed E-state index contributed by atoms with van der Waals surface area (Å²) in [6.45, 7) is 12.3. The van der Waals surface area contributed by atoms with Crippen molar-refractivity contribution in [2.75, 3.05) is 13.1 Å². The molecular formula is C24H39N3O2. The minimum atomic E-state index is -0.366. The maximum absolute atomic E-state index is 12.0. The summed E-state index contributed by atoms with van der Waals surface area (Å²) in [4.78, 5) is 23.7. The van der Waals surface area contributed by atoms with Crippen molar-refractivity contribution in [2.45, 2.75) is 84.6 Å². The molecule has 0 bridgehead atoms. The Bertz CT molecular complexity index is 717. The molecule has 0 saturated carbocycles. The number of primary amides is 1. The zero-order chi connectivity index (χ0) is 21.7. The van der Waals surface area contributed by atoms with Gasteiger partial charge in [-0.25, -0.2) is 0 Å². The lowest BCUT2D eigenvalue weighted by atomic mass is 9.63. The first kappa shape index (κ1) is 23.4. The monoisotopic (exact) mass is 401 g/mol. The third-order valence-corrected chi connectivity index (χ3v) is 6.32. The lowest BCUT2D eigenvalue weighted by Crippen LogP contribution is -2.51. The summed E-state index contributed by atoms with van der Waals surface area (Å²) in [5.74, 6) is -0.241. The van der Waals surface area contributed by atoms with Gasteiger partial charge in [-0.05, 0) is 67.3 Å². The summed E-state index contributed by atoms with van der Waals surface area (Å²) >= 11 is 0. The van der Waals surface area contributed by atoms with E-state index in [0.717, 1.165) is 38.6 Å². The van der Waals surface area contributed by atoms with Gasteiger partial charge in [0.2, 0.25) is 11.8 Å². The molecule has 1 atom stereocenters. The Balaban J connectivity index is 2.00. The molecule has 0 saturated heterocycles. The van der Waals surface area contributed by atoms with Crippen molar-refractivity contribution >= 4 is 11.8 Å². The van der Waals surface area contributed by atoms with Crippen molar-refractivity contribution in [3.63, 3.8) is 0 Å². The number of hydrogen-bond donors (Lipinski definition) is 3. The molecule has 0 heterocycles. The van der Waals surface area contributed by atoms with Gasteiger partial charge in [0.25, 0.3) is 0 Å². The van der Waals surface area contributed by atoms with Crippen LogP contribution in [-0.2, 0) is 16.6 Å². The predicted molar refractivity (Wildman–Crippen MR) is 119 cm³/mol. The van der Waals surface area contributed by atoms with Gasteiger partial charge in [-0.2, -0.15) is 0 Å². The number of carbonyl (C=O) groups is 2. The second-order valence-corrected chi connectivity index (χ2v) is 9.59. The van der Waals surface area contributed by atoms with Crippen molar-refractivity contribution in [2.24, 2.45) is 11.1 Å². The lowest BCUT2D eigenvalue weighted by Gasteiger charge is -2.45. The normalized spacial score (nSPS) is 18.2. The van der Waals surface area contributed by atoms with Crippen LogP contribution in [0.3, 0.4) is 0 Å². The van der Waals surface area contributed by atoms with Crippen LogP contribution in [0.4, 0.5) is 0 Å². The Labute approximate surface area is 176 Å². The molecule has 0 aromatic heterocycles. The van der Waals surface area contributed by atoms with Gasteiger partial charge in [0.1, 0.15) is 0 Å². The number of nitrogens with one attached hydrogen (secondary N) is 2. The lowest BCUT2D eigenvalue weighted by molar-refractivity contribution is -0.122. The molecule has 1 aromatic carbocycles. The highest BCUT2D eigenvalue weighted by molar-refractivity contribution is 5.93. The van der Waals surface area contributed by atoms with Gasteiger partial charge in [0.05, 0.1) is 0 Å². The summed E-state index contributed by atoms with van der Waals surface area (Å²) in [7, 11) is 0. The van der Waals surface area contributed by atoms with Crippen LogP contribution in [0.15, 0.2) is 18.2 Å². The smallest absolute Gasteiger partial charge is 0.248 e. The molecule has 1 aliphatic rings. The van der Waals surface area contributed by atoms with Gasteiger partial charge in [-0.3, -0.25) is 9.59 Å². The fourth-order valence-corrected chi connectivity index (χ4v) is 4.73. The Kier molecular flexibility index (Phi) is 7.87. The van der Waals surface area contributed by atoms with E-state index >= 15 is 0 Å². The first-order valence-electron chi connectivity index (χ1n) is 11.1. The average molecular weight is 402 g/mol. The molecule has 1 unspecified atom stereocenters. The molecule has 5 heteroatoms. The molecule has 0 aliphatic heterocycles. The molecule has 29 heavy (non-hydrogen) atoms. The Morgan fingerprint density at radius 2 is 1.86 bits per heavy atom. The molecule has 0 spiro atoms. The highest BCUT2D eigenvalue weighted by Crippen LogP contribution is 2.43. The number of amides is 2. The van der Waals surface area contributed by atoms with Crippen LogP contribution >= 0.6 is 0 Å². The summed E-state index contributed by atoms with van der Waals surface area (Å²) in [6, 6.07) is 6.31. The number of rotatable bonds is 9. The highest BCUT2D eigenvalue weighted by Gasteiger charge is 2.41. The SMILES string of the molecule is CCC1(CC)c2cc(C(N)=O)ccc2CCC1NCCCNC(=O)CC(C)(C)C. The fraction of sp³-hybridized carbons (Fsp3) is 0.667. The van der Waals surface area contributed by atoms with Crippen LogP contribution in [-0.4, -0.2) is 30.9 Å². The van der Waals surface area contributed by atoms with Crippen molar-refractivity contribution in [3.05, 3.63) is 34.9 Å². The standard InChI is InChI=1S/C24H39N3O2/c1-6-24(7-2)19-15-18(22(25)29)10-9-17(19)11-12-20(24)26-13-8-14-27-21(28)16-23(3,4)5/h9-10,15,20,26H,6-8,11-14,16H2,1-5H3,(H2,25,29)(H,27,28).